The molecular weight excluding hydrogens is 319 g/mol. The van der Waals surface area contributed by atoms with E-state index in [1.807, 2.05) is 0 Å². The van der Waals surface area contributed by atoms with Crippen molar-refractivity contribution in [2.75, 3.05) is 4.72 Å². The Hall–Kier alpha value is -1.27. The molecule has 106 valence electrons. The molecule has 2 aromatic carbocycles. The number of nitrogens with one attached hydrogen (secondary N) is 1. The highest BCUT2D eigenvalue weighted by Gasteiger charge is 2.18. The predicted octanol–water partition coefficient (Wildman–Crippen LogP) is 3.25. The van der Waals surface area contributed by atoms with Gasteiger partial charge in [0, 0.05) is 11.6 Å². The number of anilines is 1. The maximum Gasteiger partial charge on any atom is 0.262 e. The van der Waals surface area contributed by atoms with E-state index in [0.717, 1.165) is 0 Å². The van der Waals surface area contributed by atoms with Crippen molar-refractivity contribution in [3.05, 3.63) is 58.1 Å². The van der Waals surface area contributed by atoms with Crippen LogP contribution in [-0.4, -0.2) is 8.42 Å². The molecule has 4 nitrogen and oxygen atoms in total. The number of sulfonamides is 1. The average Bonchev–Trinajstić information content (AvgIpc) is 2.42. The van der Waals surface area contributed by atoms with Gasteiger partial charge in [-0.3, -0.25) is 4.72 Å². The topological polar surface area (TPSA) is 72.2 Å². The van der Waals surface area contributed by atoms with Crippen LogP contribution in [0.2, 0.25) is 10.0 Å². The van der Waals surface area contributed by atoms with E-state index in [1.165, 1.54) is 18.2 Å². The molecule has 0 saturated heterocycles. The molecule has 0 saturated carbocycles. The number of benzene rings is 2. The molecule has 7 heteroatoms. The molecule has 0 heterocycles. The number of hydrogen-bond acceptors (Lipinski definition) is 3. The van der Waals surface area contributed by atoms with Crippen LogP contribution in [0.1, 0.15) is 5.56 Å². The van der Waals surface area contributed by atoms with Crippen LogP contribution in [0.25, 0.3) is 0 Å². The van der Waals surface area contributed by atoms with Gasteiger partial charge in [0.1, 0.15) is 0 Å². The molecular formula is C13H12Cl2N2O2S. The molecule has 0 radical (unpaired) electrons. The van der Waals surface area contributed by atoms with Crippen LogP contribution in [0.3, 0.4) is 0 Å². The summed E-state index contributed by atoms with van der Waals surface area (Å²) >= 11 is 11.8. The fraction of sp³-hybridized carbons (Fsp3) is 0.0769. The van der Waals surface area contributed by atoms with Gasteiger partial charge >= 0.3 is 0 Å². The van der Waals surface area contributed by atoms with Crippen molar-refractivity contribution in [2.45, 2.75) is 11.4 Å². The Morgan fingerprint density at radius 1 is 1.10 bits per heavy atom. The van der Waals surface area contributed by atoms with Crippen molar-refractivity contribution in [2.24, 2.45) is 5.73 Å². The van der Waals surface area contributed by atoms with Gasteiger partial charge in [-0.15, -0.1) is 0 Å². The Kier molecular flexibility index (Phi) is 4.55. The first-order valence-electron chi connectivity index (χ1n) is 5.70. The number of halogens is 2. The van der Waals surface area contributed by atoms with E-state index in [4.69, 9.17) is 28.9 Å². The molecule has 0 fully saturated rings. The van der Waals surface area contributed by atoms with Crippen LogP contribution in [0, 0.1) is 0 Å². The summed E-state index contributed by atoms with van der Waals surface area (Å²) in [5, 5.41) is 0.655. The zero-order valence-corrected chi connectivity index (χ0v) is 12.6. The maximum atomic E-state index is 12.4. The Morgan fingerprint density at radius 2 is 1.80 bits per heavy atom. The van der Waals surface area contributed by atoms with E-state index in [-0.39, 0.29) is 22.2 Å². The van der Waals surface area contributed by atoms with E-state index >= 15 is 0 Å². The molecule has 2 rings (SSSR count). The average molecular weight is 331 g/mol. The Labute approximate surface area is 127 Å². The zero-order valence-electron chi connectivity index (χ0n) is 10.3. The molecule has 2 aromatic rings. The molecule has 0 spiro atoms. The number of hydrogen-bond donors (Lipinski definition) is 2. The number of nitrogens with two attached hydrogens (primary N) is 1. The summed E-state index contributed by atoms with van der Waals surface area (Å²) in [4.78, 5) is 0.124. The van der Waals surface area contributed by atoms with Gasteiger partial charge in [0.15, 0.2) is 0 Å². The van der Waals surface area contributed by atoms with E-state index in [9.17, 15) is 8.42 Å². The molecule has 20 heavy (non-hydrogen) atoms. The summed E-state index contributed by atoms with van der Waals surface area (Å²) in [5.41, 5.74) is 6.31. The van der Waals surface area contributed by atoms with Gasteiger partial charge in [0.25, 0.3) is 10.0 Å². The second-order valence-corrected chi connectivity index (χ2v) is 6.54. The van der Waals surface area contributed by atoms with Gasteiger partial charge in [-0.25, -0.2) is 8.42 Å². The Balaban J connectivity index is 2.43. The predicted molar refractivity (Wildman–Crippen MR) is 81.6 cm³/mol. The minimum atomic E-state index is -3.77. The molecule has 0 aromatic heterocycles. The SMILES string of the molecule is NCc1ccccc1S(=O)(=O)Nc1cc(Cl)ccc1Cl. The third-order valence-corrected chi connectivity index (χ3v) is 4.69. The van der Waals surface area contributed by atoms with Crippen molar-refractivity contribution >= 4 is 38.9 Å². The van der Waals surface area contributed by atoms with Crippen molar-refractivity contribution in [1.29, 1.82) is 0 Å². The van der Waals surface area contributed by atoms with E-state index in [1.54, 1.807) is 24.3 Å². The van der Waals surface area contributed by atoms with Gasteiger partial charge in [0.05, 0.1) is 15.6 Å². The third-order valence-electron chi connectivity index (χ3n) is 2.65. The first kappa shape index (κ1) is 15.1. The molecule has 3 N–H and O–H groups in total. The van der Waals surface area contributed by atoms with Gasteiger partial charge < -0.3 is 5.73 Å². The zero-order chi connectivity index (χ0) is 14.8. The van der Waals surface area contributed by atoms with Gasteiger partial charge in [-0.1, -0.05) is 41.4 Å². The molecule has 0 aliphatic carbocycles. The van der Waals surface area contributed by atoms with Crippen molar-refractivity contribution in [3.8, 4) is 0 Å². The van der Waals surface area contributed by atoms with Gasteiger partial charge in [-0.2, -0.15) is 0 Å². The highest BCUT2D eigenvalue weighted by atomic mass is 35.5. The first-order valence-corrected chi connectivity index (χ1v) is 7.94. The Bertz CT molecular complexity index is 733. The second kappa shape index (κ2) is 6.01. The molecule has 0 aliphatic rings. The van der Waals surface area contributed by atoms with Gasteiger partial charge in [0.2, 0.25) is 0 Å². The molecule has 0 bridgehead atoms. The molecule has 0 aliphatic heterocycles. The van der Waals surface area contributed by atoms with Crippen molar-refractivity contribution in [1.82, 2.24) is 0 Å². The van der Waals surface area contributed by atoms with Crippen molar-refractivity contribution in [3.63, 3.8) is 0 Å². The lowest BCUT2D eigenvalue weighted by molar-refractivity contribution is 0.600. The van der Waals surface area contributed by atoms with Crippen molar-refractivity contribution < 1.29 is 8.42 Å². The van der Waals surface area contributed by atoms with Crippen LogP contribution in [0.15, 0.2) is 47.4 Å². The fourth-order valence-corrected chi connectivity index (χ4v) is 3.43. The van der Waals surface area contributed by atoms with Crippen LogP contribution in [-0.2, 0) is 16.6 Å². The summed E-state index contributed by atoms with van der Waals surface area (Å²) in [6.45, 7) is 0.125. The largest absolute Gasteiger partial charge is 0.326 e. The second-order valence-electron chi connectivity index (χ2n) is 4.04. The Morgan fingerprint density at radius 3 is 2.50 bits per heavy atom. The number of rotatable bonds is 4. The maximum absolute atomic E-state index is 12.4. The fourth-order valence-electron chi connectivity index (χ4n) is 1.71. The van der Waals surface area contributed by atoms with Gasteiger partial charge in [-0.05, 0) is 29.8 Å². The minimum Gasteiger partial charge on any atom is -0.326 e. The highest BCUT2D eigenvalue weighted by Crippen LogP contribution is 2.28. The lowest BCUT2D eigenvalue weighted by atomic mass is 10.2. The standard InChI is InChI=1S/C13H12Cl2N2O2S/c14-10-5-6-11(15)12(7-10)17-20(18,19)13-4-2-1-3-9(13)8-16/h1-7,17H,8,16H2. The van der Waals surface area contributed by atoms with Crippen LogP contribution >= 0.6 is 23.2 Å². The lowest BCUT2D eigenvalue weighted by Crippen LogP contribution is -2.16. The third kappa shape index (κ3) is 3.24. The molecule has 0 amide bonds. The summed E-state index contributed by atoms with van der Waals surface area (Å²) in [6, 6.07) is 11.1. The van der Waals surface area contributed by atoms with E-state index in [2.05, 4.69) is 4.72 Å². The summed E-state index contributed by atoms with van der Waals surface area (Å²) in [5.74, 6) is 0. The first-order chi connectivity index (χ1) is 9.44. The molecule has 0 unspecified atom stereocenters. The highest BCUT2D eigenvalue weighted by molar-refractivity contribution is 7.92. The molecule has 0 atom stereocenters. The minimum absolute atomic E-state index is 0.124. The van der Waals surface area contributed by atoms with Crippen LogP contribution in [0.5, 0.6) is 0 Å². The van der Waals surface area contributed by atoms with Crippen LogP contribution in [0.4, 0.5) is 5.69 Å². The van der Waals surface area contributed by atoms with E-state index < -0.39 is 10.0 Å². The van der Waals surface area contributed by atoms with Crippen LogP contribution < -0.4 is 10.5 Å². The summed E-state index contributed by atoms with van der Waals surface area (Å²) in [6.07, 6.45) is 0. The summed E-state index contributed by atoms with van der Waals surface area (Å²) in [7, 11) is -3.77. The smallest absolute Gasteiger partial charge is 0.262 e. The quantitative estimate of drug-likeness (QED) is 0.903. The normalized spacial score (nSPS) is 11.3. The van der Waals surface area contributed by atoms with E-state index in [0.29, 0.717) is 10.6 Å². The summed E-state index contributed by atoms with van der Waals surface area (Å²) < 4.78 is 27.2. The monoisotopic (exact) mass is 330 g/mol. The lowest BCUT2D eigenvalue weighted by Gasteiger charge is -2.12.